The Morgan fingerprint density at radius 1 is 1.10 bits per heavy atom. The van der Waals surface area contributed by atoms with Crippen LogP contribution in [-0.2, 0) is 11.0 Å². The van der Waals surface area contributed by atoms with Crippen LogP contribution in [0.15, 0.2) is 36.4 Å². The second-order valence-electron chi connectivity index (χ2n) is 7.03. The summed E-state index contributed by atoms with van der Waals surface area (Å²) in [5.41, 5.74) is 1.69. The van der Waals surface area contributed by atoms with Crippen LogP contribution in [0.1, 0.15) is 24.0 Å². The van der Waals surface area contributed by atoms with Crippen molar-refractivity contribution in [2.24, 2.45) is 0 Å². The first-order chi connectivity index (χ1) is 13.8. The van der Waals surface area contributed by atoms with Gasteiger partial charge in [-0.15, -0.1) is 0 Å². The van der Waals surface area contributed by atoms with Gasteiger partial charge in [0, 0.05) is 13.1 Å². The predicted molar refractivity (Wildman–Crippen MR) is 108 cm³/mol. The van der Waals surface area contributed by atoms with E-state index in [1.807, 2.05) is 17.9 Å². The monoisotopic (exact) mass is 407 g/mol. The maximum Gasteiger partial charge on any atom is 0.416 e. The number of nitrogens with one attached hydrogen (secondary N) is 2. The van der Waals surface area contributed by atoms with Gasteiger partial charge in [-0.3, -0.25) is 4.79 Å². The SMILES string of the molecule is COc1ccc(C)cc1NC(=O)CNc1cc(C(F)(F)F)ccc1N1CCCC1. The van der Waals surface area contributed by atoms with E-state index in [1.165, 1.54) is 13.2 Å². The number of anilines is 3. The smallest absolute Gasteiger partial charge is 0.416 e. The number of carbonyl (C=O) groups is 1. The average molecular weight is 407 g/mol. The molecule has 1 saturated heterocycles. The van der Waals surface area contributed by atoms with E-state index in [4.69, 9.17) is 4.74 Å². The van der Waals surface area contributed by atoms with Crippen molar-refractivity contribution >= 4 is 23.0 Å². The molecule has 5 nitrogen and oxygen atoms in total. The van der Waals surface area contributed by atoms with Gasteiger partial charge in [0.1, 0.15) is 5.75 Å². The van der Waals surface area contributed by atoms with Gasteiger partial charge in [0.25, 0.3) is 0 Å². The van der Waals surface area contributed by atoms with E-state index in [2.05, 4.69) is 10.6 Å². The highest BCUT2D eigenvalue weighted by Crippen LogP contribution is 2.36. The van der Waals surface area contributed by atoms with Crippen LogP contribution in [0, 0.1) is 6.92 Å². The minimum Gasteiger partial charge on any atom is -0.495 e. The summed E-state index contributed by atoms with van der Waals surface area (Å²) in [5, 5.41) is 5.62. The number of methoxy groups -OCH3 is 1. The maximum atomic E-state index is 13.1. The number of amides is 1. The van der Waals surface area contributed by atoms with E-state index in [9.17, 15) is 18.0 Å². The van der Waals surface area contributed by atoms with Crippen molar-refractivity contribution in [3.8, 4) is 5.75 Å². The zero-order chi connectivity index (χ0) is 21.0. The average Bonchev–Trinajstić information content (AvgIpc) is 3.20. The van der Waals surface area contributed by atoms with Gasteiger partial charge in [-0.25, -0.2) is 0 Å². The Labute approximate surface area is 167 Å². The molecule has 1 aliphatic heterocycles. The number of hydrogen-bond acceptors (Lipinski definition) is 4. The first-order valence-corrected chi connectivity index (χ1v) is 9.42. The fourth-order valence-electron chi connectivity index (χ4n) is 3.38. The summed E-state index contributed by atoms with van der Waals surface area (Å²) in [6.07, 6.45) is -2.46. The van der Waals surface area contributed by atoms with Crippen molar-refractivity contribution in [1.29, 1.82) is 0 Å². The van der Waals surface area contributed by atoms with Crippen LogP contribution in [0.25, 0.3) is 0 Å². The molecule has 0 atom stereocenters. The molecule has 1 amide bonds. The number of halogens is 3. The maximum absolute atomic E-state index is 13.1. The molecule has 2 N–H and O–H groups in total. The second kappa shape index (κ2) is 8.63. The number of alkyl halides is 3. The molecule has 0 saturated carbocycles. The van der Waals surface area contributed by atoms with Crippen molar-refractivity contribution < 1.29 is 22.7 Å². The molecular formula is C21H24F3N3O2. The molecule has 0 radical (unpaired) electrons. The van der Waals surface area contributed by atoms with Gasteiger partial charge in [-0.1, -0.05) is 6.07 Å². The highest BCUT2D eigenvalue weighted by molar-refractivity contribution is 5.95. The van der Waals surface area contributed by atoms with E-state index in [0.717, 1.165) is 43.6 Å². The van der Waals surface area contributed by atoms with Crippen molar-refractivity contribution in [3.63, 3.8) is 0 Å². The summed E-state index contributed by atoms with van der Waals surface area (Å²) in [7, 11) is 1.50. The summed E-state index contributed by atoms with van der Waals surface area (Å²) >= 11 is 0. The molecule has 2 aromatic carbocycles. The summed E-state index contributed by atoms with van der Waals surface area (Å²) in [5.74, 6) is 0.138. The Balaban J connectivity index is 1.76. The number of ether oxygens (including phenoxy) is 1. The molecule has 0 aliphatic carbocycles. The molecule has 0 unspecified atom stereocenters. The van der Waals surface area contributed by atoms with E-state index in [0.29, 0.717) is 22.8 Å². The van der Waals surface area contributed by atoms with E-state index < -0.39 is 11.7 Å². The van der Waals surface area contributed by atoms with Gasteiger partial charge in [0.15, 0.2) is 0 Å². The largest absolute Gasteiger partial charge is 0.495 e. The van der Waals surface area contributed by atoms with Crippen LogP contribution in [-0.4, -0.2) is 32.7 Å². The Hall–Kier alpha value is -2.90. The number of carbonyl (C=O) groups excluding carboxylic acids is 1. The van der Waals surface area contributed by atoms with E-state index >= 15 is 0 Å². The lowest BCUT2D eigenvalue weighted by Crippen LogP contribution is -2.25. The Morgan fingerprint density at radius 3 is 2.48 bits per heavy atom. The zero-order valence-electron chi connectivity index (χ0n) is 16.4. The molecule has 8 heteroatoms. The zero-order valence-corrected chi connectivity index (χ0v) is 16.4. The van der Waals surface area contributed by atoms with Crippen LogP contribution in [0.5, 0.6) is 5.75 Å². The quantitative estimate of drug-likeness (QED) is 0.731. The molecule has 156 valence electrons. The summed E-state index contributed by atoms with van der Waals surface area (Å²) in [6.45, 7) is 3.29. The lowest BCUT2D eigenvalue weighted by molar-refractivity contribution is -0.137. The third kappa shape index (κ3) is 5.13. The lowest BCUT2D eigenvalue weighted by atomic mass is 10.1. The third-order valence-corrected chi connectivity index (χ3v) is 4.84. The second-order valence-corrected chi connectivity index (χ2v) is 7.03. The molecule has 2 aromatic rings. The number of hydrogen-bond donors (Lipinski definition) is 2. The highest BCUT2D eigenvalue weighted by atomic mass is 19.4. The molecule has 29 heavy (non-hydrogen) atoms. The molecule has 1 aliphatic rings. The molecule has 0 aromatic heterocycles. The Kier molecular flexibility index (Phi) is 6.20. The number of nitrogens with zero attached hydrogens (tertiary/aromatic N) is 1. The van der Waals surface area contributed by atoms with Gasteiger partial charge in [-0.05, 0) is 55.7 Å². The van der Waals surface area contributed by atoms with Gasteiger partial charge < -0.3 is 20.3 Å². The standard InChI is InChI=1S/C21H24F3N3O2/c1-14-5-8-19(29-2)17(11-14)26-20(28)13-25-16-12-15(21(22,23)24)6-7-18(16)27-9-3-4-10-27/h5-8,11-12,25H,3-4,9-10,13H2,1-2H3,(H,26,28). The number of rotatable bonds is 6. The Morgan fingerprint density at radius 2 is 1.83 bits per heavy atom. The van der Waals surface area contributed by atoms with Crippen LogP contribution in [0.3, 0.4) is 0 Å². The number of aryl methyl sites for hydroxylation is 1. The first-order valence-electron chi connectivity index (χ1n) is 9.42. The third-order valence-electron chi connectivity index (χ3n) is 4.84. The van der Waals surface area contributed by atoms with E-state index in [-0.39, 0.29) is 12.5 Å². The fraction of sp³-hybridized carbons (Fsp3) is 0.381. The fourth-order valence-corrected chi connectivity index (χ4v) is 3.38. The first kappa shape index (κ1) is 20.8. The van der Waals surface area contributed by atoms with Crippen molar-refractivity contribution in [3.05, 3.63) is 47.5 Å². The van der Waals surface area contributed by atoms with Crippen molar-refractivity contribution in [2.45, 2.75) is 25.9 Å². The summed E-state index contributed by atoms with van der Waals surface area (Å²) in [6, 6.07) is 8.99. The van der Waals surface area contributed by atoms with Crippen LogP contribution >= 0.6 is 0 Å². The Bertz CT molecular complexity index is 878. The van der Waals surface area contributed by atoms with E-state index in [1.54, 1.807) is 12.1 Å². The summed E-state index contributed by atoms with van der Waals surface area (Å²) < 4.78 is 44.7. The summed E-state index contributed by atoms with van der Waals surface area (Å²) in [4.78, 5) is 14.4. The minimum absolute atomic E-state index is 0.167. The predicted octanol–water partition coefficient (Wildman–Crippen LogP) is 4.67. The molecule has 0 spiro atoms. The molecule has 1 heterocycles. The number of benzene rings is 2. The van der Waals surface area contributed by atoms with Gasteiger partial charge in [-0.2, -0.15) is 13.2 Å². The normalized spacial score (nSPS) is 14.0. The van der Waals surface area contributed by atoms with Crippen LogP contribution < -0.4 is 20.3 Å². The lowest BCUT2D eigenvalue weighted by Gasteiger charge is -2.23. The molecular weight excluding hydrogens is 383 g/mol. The van der Waals surface area contributed by atoms with Gasteiger partial charge in [0.05, 0.1) is 36.3 Å². The molecule has 0 bridgehead atoms. The van der Waals surface area contributed by atoms with Gasteiger partial charge >= 0.3 is 6.18 Å². The van der Waals surface area contributed by atoms with Crippen LogP contribution in [0.4, 0.5) is 30.2 Å². The van der Waals surface area contributed by atoms with Crippen molar-refractivity contribution in [1.82, 2.24) is 0 Å². The van der Waals surface area contributed by atoms with Crippen molar-refractivity contribution in [2.75, 3.05) is 42.3 Å². The topological polar surface area (TPSA) is 53.6 Å². The van der Waals surface area contributed by atoms with Gasteiger partial charge in [0.2, 0.25) is 5.91 Å². The highest BCUT2D eigenvalue weighted by Gasteiger charge is 2.31. The molecule has 3 rings (SSSR count). The molecule has 1 fully saturated rings. The minimum atomic E-state index is -4.45. The van der Waals surface area contributed by atoms with Crippen LogP contribution in [0.2, 0.25) is 0 Å².